The Morgan fingerprint density at radius 2 is 1.83 bits per heavy atom. The van der Waals surface area contributed by atoms with Gasteiger partial charge in [0, 0.05) is 16.3 Å². The van der Waals surface area contributed by atoms with E-state index in [1.807, 2.05) is 54.6 Å². The first-order chi connectivity index (χ1) is 11.3. The van der Waals surface area contributed by atoms with Crippen molar-refractivity contribution in [2.75, 3.05) is 13.2 Å². The van der Waals surface area contributed by atoms with E-state index in [9.17, 15) is 4.79 Å². The number of carbonyl (C=O) groups is 1. The standard InChI is InChI=1S/C18H16BrNO3/c19-12-15-14-8-4-5-9-16(14)23-17(15)18(21)20-10-11-22-13-6-2-1-3-7-13/h1-9H,10-12H2,(H,20,21). The van der Waals surface area contributed by atoms with E-state index >= 15 is 0 Å². The fourth-order valence-corrected chi connectivity index (χ4v) is 2.90. The molecule has 3 aromatic rings. The Bertz CT molecular complexity index is 798. The Balaban J connectivity index is 1.62. The normalized spacial score (nSPS) is 10.7. The summed E-state index contributed by atoms with van der Waals surface area (Å²) >= 11 is 3.42. The first-order valence-corrected chi connectivity index (χ1v) is 8.44. The maximum absolute atomic E-state index is 12.3. The van der Waals surface area contributed by atoms with Crippen LogP contribution in [0.2, 0.25) is 0 Å². The van der Waals surface area contributed by atoms with Crippen molar-refractivity contribution >= 4 is 32.8 Å². The van der Waals surface area contributed by atoms with Gasteiger partial charge in [-0.25, -0.2) is 0 Å². The summed E-state index contributed by atoms with van der Waals surface area (Å²) < 4.78 is 11.2. The van der Waals surface area contributed by atoms with Crippen LogP contribution < -0.4 is 10.1 Å². The van der Waals surface area contributed by atoms with Gasteiger partial charge in [0.15, 0.2) is 5.76 Å². The molecule has 118 valence electrons. The maximum Gasteiger partial charge on any atom is 0.287 e. The van der Waals surface area contributed by atoms with Crippen molar-refractivity contribution in [3.8, 4) is 5.75 Å². The zero-order valence-corrected chi connectivity index (χ0v) is 14.0. The number of alkyl halides is 1. The number of rotatable bonds is 6. The van der Waals surface area contributed by atoms with Crippen LogP contribution in [0.3, 0.4) is 0 Å². The molecule has 5 heteroatoms. The molecule has 4 nitrogen and oxygen atoms in total. The first-order valence-electron chi connectivity index (χ1n) is 7.32. The summed E-state index contributed by atoms with van der Waals surface area (Å²) in [6.45, 7) is 0.812. The highest BCUT2D eigenvalue weighted by Crippen LogP contribution is 2.27. The molecule has 1 aromatic heterocycles. The van der Waals surface area contributed by atoms with Gasteiger partial charge in [0.05, 0.1) is 6.54 Å². The number of para-hydroxylation sites is 2. The fourth-order valence-electron chi connectivity index (χ4n) is 2.35. The van der Waals surface area contributed by atoms with Gasteiger partial charge in [-0.2, -0.15) is 0 Å². The summed E-state index contributed by atoms with van der Waals surface area (Å²) in [5.74, 6) is 0.904. The van der Waals surface area contributed by atoms with Gasteiger partial charge in [-0.3, -0.25) is 4.79 Å². The van der Waals surface area contributed by atoms with Crippen molar-refractivity contribution in [3.05, 3.63) is 65.9 Å². The second-order valence-electron chi connectivity index (χ2n) is 4.96. The van der Waals surface area contributed by atoms with Gasteiger partial charge >= 0.3 is 0 Å². The van der Waals surface area contributed by atoms with E-state index in [1.165, 1.54) is 0 Å². The van der Waals surface area contributed by atoms with Crippen molar-refractivity contribution in [1.29, 1.82) is 0 Å². The van der Waals surface area contributed by atoms with Gasteiger partial charge in [-0.1, -0.05) is 52.3 Å². The van der Waals surface area contributed by atoms with E-state index in [-0.39, 0.29) is 5.91 Å². The van der Waals surface area contributed by atoms with Crippen molar-refractivity contribution in [2.45, 2.75) is 5.33 Å². The summed E-state index contributed by atoms with van der Waals surface area (Å²) in [5.41, 5.74) is 1.58. The van der Waals surface area contributed by atoms with E-state index in [0.29, 0.717) is 29.8 Å². The Morgan fingerprint density at radius 3 is 2.61 bits per heavy atom. The first kappa shape index (κ1) is 15.6. The van der Waals surface area contributed by atoms with Crippen LogP contribution in [-0.4, -0.2) is 19.1 Å². The average molecular weight is 374 g/mol. The highest BCUT2D eigenvalue weighted by atomic mass is 79.9. The monoisotopic (exact) mass is 373 g/mol. The summed E-state index contributed by atoms with van der Waals surface area (Å²) in [6.07, 6.45) is 0. The molecule has 0 aliphatic carbocycles. The third-order valence-electron chi connectivity index (χ3n) is 3.44. The minimum Gasteiger partial charge on any atom is -0.492 e. The number of amides is 1. The zero-order chi connectivity index (χ0) is 16.1. The van der Waals surface area contributed by atoms with Crippen LogP contribution in [0, 0.1) is 0 Å². The largest absolute Gasteiger partial charge is 0.492 e. The number of benzene rings is 2. The highest BCUT2D eigenvalue weighted by Gasteiger charge is 2.19. The lowest BCUT2D eigenvalue weighted by molar-refractivity contribution is 0.0920. The Morgan fingerprint density at radius 1 is 1.09 bits per heavy atom. The quantitative estimate of drug-likeness (QED) is 0.521. The van der Waals surface area contributed by atoms with E-state index in [0.717, 1.165) is 16.7 Å². The second-order valence-corrected chi connectivity index (χ2v) is 5.52. The number of ether oxygens (including phenoxy) is 1. The molecular formula is C18H16BrNO3. The van der Waals surface area contributed by atoms with E-state index in [4.69, 9.17) is 9.15 Å². The number of furan rings is 1. The Kier molecular flexibility index (Phi) is 4.98. The summed E-state index contributed by atoms with van der Waals surface area (Å²) in [4.78, 5) is 12.3. The number of fused-ring (bicyclic) bond motifs is 1. The van der Waals surface area contributed by atoms with E-state index in [1.54, 1.807) is 0 Å². The average Bonchev–Trinajstić information content (AvgIpc) is 2.98. The molecule has 0 fully saturated rings. The fraction of sp³-hybridized carbons (Fsp3) is 0.167. The summed E-state index contributed by atoms with van der Waals surface area (Å²) in [5, 5.41) is 4.34. The lowest BCUT2D eigenvalue weighted by atomic mass is 10.1. The molecule has 0 aliphatic rings. The smallest absolute Gasteiger partial charge is 0.287 e. The Labute approximate surface area is 142 Å². The van der Waals surface area contributed by atoms with Gasteiger partial charge in [-0.15, -0.1) is 0 Å². The van der Waals surface area contributed by atoms with Crippen LogP contribution in [0.1, 0.15) is 16.1 Å². The molecule has 0 bridgehead atoms. The third kappa shape index (κ3) is 3.56. The molecule has 2 aromatic carbocycles. The number of hydrogen-bond acceptors (Lipinski definition) is 3. The van der Waals surface area contributed by atoms with Crippen LogP contribution >= 0.6 is 15.9 Å². The van der Waals surface area contributed by atoms with Crippen LogP contribution in [-0.2, 0) is 5.33 Å². The molecule has 3 rings (SSSR count). The summed E-state index contributed by atoms with van der Waals surface area (Å²) in [7, 11) is 0. The molecule has 0 saturated heterocycles. The van der Waals surface area contributed by atoms with Crippen LogP contribution in [0.15, 0.2) is 59.0 Å². The predicted octanol–water partition coefficient (Wildman–Crippen LogP) is 4.14. The van der Waals surface area contributed by atoms with Crippen molar-refractivity contribution in [2.24, 2.45) is 0 Å². The van der Waals surface area contributed by atoms with E-state index in [2.05, 4.69) is 21.2 Å². The lowest BCUT2D eigenvalue weighted by Crippen LogP contribution is -2.28. The lowest BCUT2D eigenvalue weighted by Gasteiger charge is -2.07. The van der Waals surface area contributed by atoms with Crippen LogP contribution in [0.5, 0.6) is 5.75 Å². The SMILES string of the molecule is O=C(NCCOc1ccccc1)c1oc2ccccc2c1CBr. The van der Waals surface area contributed by atoms with Gasteiger partial charge in [0.2, 0.25) is 0 Å². The molecule has 1 heterocycles. The zero-order valence-electron chi connectivity index (χ0n) is 12.4. The molecule has 0 radical (unpaired) electrons. The molecule has 1 amide bonds. The summed E-state index contributed by atoms with van der Waals surface area (Å²) in [6, 6.07) is 17.1. The number of halogens is 1. The molecule has 23 heavy (non-hydrogen) atoms. The topological polar surface area (TPSA) is 51.5 Å². The highest BCUT2D eigenvalue weighted by molar-refractivity contribution is 9.08. The van der Waals surface area contributed by atoms with Gasteiger partial charge < -0.3 is 14.5 Å². The molecule has 0 saturated carbocycles. The van der Waals surface area contributed by atoms with Crippen LogP contribution in [0.25, 0.3) is 11.0 Å². The minimum absolute atomic E-state index is 0.229. The van der Waals surface area contributed by atoms with Crippen molar-refractivity contribution in [1.82, 2.24) is 5.32 Å². The Hall–Kier alpha value is -2.27. The van der Waals surface area contributed by atoms with Crippen molar-refractivity contribution in [3.63, 3.8) is 0 Å². The van der Waals surface area contributed by atoms with Crippen molar-refractivity contribution < 1.29 is 13.9 Å². The molecule has 0 aliphatic heterocycles. The number of nitrogens with one attached hydrogen (secondary N) is 1. The van der Waals surface area contributed by atoms with E-state index < -0.39 is 0 Å². The number of hydrogen-bond donors (Lipinski definition) is 1. The van der Waals surface area contributed by atoms with Gasteiger partial charge in [-0.05, 0) is 18.2 Å². The second kappa shape index (κ2) is 7.33. The third-order valence-corrected chi connectivity index (χ3v) is 4.00. The minimum atomic E-state index is -0.229. The predicted molar refractivity (Wildman–Crippen MR) is 93.1 cm³/mol. The molecule has 0 spiro atoms. The number of carbonyl (C=O) groups excluding carboxylic acids is 1. The maximum atomic E-state index is 12.3. The van der Waals surface area contributed by atoms with Crippen LogP contribution in [0.4, 0.5) is 0 Å². The molecule has 0 atom stereocenters. The molecular weight excluding hydrogens is 358 g/mol. The van der Waals surface area contributed by atoms with Gasteiger partial charge in [0.25, 0.3) is 5.91 Å². The molecule has 1 N–H and O–H groups in total. The molecule has 0 unspecified atom stereocenters. The van der Waals surface area contributed by atoms with Gasteiger partial charge in [0.1, 0.15) is 17.9 Å².